The van der Waals surface area contributed by atoms with Crippen molar-refractivity contribution in [2.45, 2.75) is 32.4 Å². The van der Waals surface area contributed by atoms with Gasteiger partial charge in [-0.05, 0) is 18.2 Å². The fourth-order valence-corrected chi connectivity index (χ4v) is 2.42. The predicted molar refractivity (Wildman–Crippen MR) is 82.8 cm³/mol. The number of nitrogens with zero attached hydrogens (tertiary/aromatic N) is 2. The minimum absolute atomic E-state index is 0.193. The molecule has 0 aliphatic rings. The Morgan fingerprint density at radius 1 is 1.24 bits per heavy atom. The molecule has 1 unspecified atom stereocenters. The van der Waals surface area contributed by atoms with E-state index < -0.39 is 0 Å². The van der Waals surface area contributed by atoms with Crippen molar-refractivity contribution in [3.63, 3.8) is 0 Å². The highest BCUT2D eigenvalue weighted by atomic mass is 16.5. The predicted octanol–water partition coefficient (Wildman–Crippen LogP) is 2.72. The lowest BCUT2D eigenvalue weighted by Crippen LogP contribution is -2.20. The van der Waals surface area contributed by atoms with Crippen molar-refractivity contribution in [1.29, 1.82) is 0 Å². The molecular formula is C16H23N3O2. The van der Waals surface area contributed by atoms with Crippen molar-refractivity contribution in [2.75, 3.05) is 14.2 Å². The Hall–Kier alpha value is -2.01. The van der Waals surface area contributed by atoms with Crippen molar-refractivity contribution in [1.82, 2.24) is 9.55 Å². The van der Waals surface area contributed by atoms with Gasteiger partial charge >= 0.3 is 0 Å². The first-order chi connectivity index (χ1) is 10.1. The molecule has 0 saturated carbocycles. The molecule has 21 heavy (non-hydrogen) atoms. The van der Waals surface area contributed by atoms with E-state index in [4.69, 9.17) is 15.2 Å². The van der Waals surface area contributed by atoms with Crippen LogP contribution in [-0.2, 0) is 6.54 Å². The van der Waals surface area contributed by atoms with Crippen molar-refractivity contribution in [3.05, 3.63) is 42.0 Å². The molecule has 0 bridgehead atoms. The van der Waals surface area contributed by atoms with Crippen LogP contribution in [-0.4, -0.2) is 23.8 Å². The van der Waals surface area contributed by atoms with Crippen LogP contribution in [0.4, 0.5) is 0 Å². The molecule has 0 aliphatic heterocycles. The molecular weight excluding hydrogens is 266 g/mol. The van der Waals surface area contributed by atoms with Crippen LogP contribution in [0.15, 0.2) is 30.6 Å². The third-order valence-electron chi connectivity index (χ3n) is 3.49. The van der Waals surface area contributed by atoms with Gasteiger partial charge in [-0.1, -0.05) is 13.8 Å². The summed E-state index contributed by atoms with van der Waals surface area (Å²) in [6.45, 7) is 4.89. The zero-order chi connectivity index (χ0) is 15.4. The van der Waals surface area contributed by atoms with Crippen molar-refractivity contribution in [3.8, 4) is 11.5 Å². The van der Waals surface area contributed by atoms with E-state index in [-0.39, 0.29) is 6.04 Å². The fourth-order valence-electron chi connectivity index (χ4n) is 2.42. The molecule has 114 valence electrons. The van der Waals surface area contributed by atoms with E-state index in [1.165, 1.54) is 0 Å². The first kappa shape index (κ1) is 15.4. The molecule has 1 heterocycles. The monoisotopic (exact) mass is 289 g/mol. The molecule has 2 N–H and O–H groups in total. The minimum Gasteiger partial charge on any atom is -0.497 e. The lowest BCUT2D eigenvalue weighted by atomic mass is 10.1. The lowest BCUT2D eigenvalue weighted by Gasteiger charge is -2.19. The van der Waals surface area contributed by atoms with Crippen LogP contribution in [0.25, 0.3) is 0 Å². The first-order valence-corrected chi connectivity index (χ1v) is 7.05. The summed E-state index contributed by atoms with van der Waals surface area (Å²) in [4.78, 5) is 4.39. The van der Waals surface area contributed by atoms with E-state index in [1.54, 1.807) is 14.2 Å². The molecule has 2 rings (SSSR count). The largest absolute Gasteiger partial charge is 0.497 e. The second-order valence-electron chi connectivity index (χ2n) is 5.31. The van der Waals surface area contributed by atoms with Gasteiger partial charge in [0.25, 0.3) is 0 Å². The maximum atomic E-state index is 6.37. The van der Waals surface area contributed by atoms with E-state index in [0.717, 1.165) is 22.9 Å². The molecule has 1 aromatic carbocycles. The third-order valence-corrected chi connectivity index (χ3v) is 3.49. The molecule has 0 spiro atoms. The van der Waals surface area contributed by atoms with E-state index in [0.29, 0.717) is 12.5 Å². The molecule has 5 nitrogen and oxygen atoms in total. The average molecular weight is 289 g/mol. The standard InChI is InChI=1S/C16H23N3O2/c1-11(2)16-18-7-8-19(16)10-14(17)13-9-12(20-3)5-6-15(13)21-4/h5-9,11,14H,10,17H2,1-4H3. The summed E-state index contributed by atoms with van der Waals surface area (Å²) >= 11 is 0. The summed E-state index contributed by atoms with van der Waals surface area (Å²) in [7, 11) is 3.29. The summed E-state index contributed by atoms with van der Waals surface area (Å²) in [5.74, 6) is 2.94. The molecule has 5 heteroatoms. The Labute approximate surface area is 125 Å². The van der Waals surface area contributed by atoms with Crippen LogP contribution >= 0.6 is 0 Å². The second-order valence-corrected chi connectivity index (χ2v) is 5.31. The van der Waals surface area contributed by atoms with Gasteiger partial charge in [0.1, 0.15) is 17.3 Å². The minimum atomic E-state index is -0.193. The number of rotatable bonds is 6. The van der Waals surface area contributed by atoms with E-state index >= 15 is 0 Å². The quantitative estimate of drug-likeness (QED) is 0.888. The second kappa shape index (κ2) is 6.63. The summed E-state index contributed by atoms with van der Waals surface area (Å²) in [6.07, 6.45) is 3.77. The van der Waals surface area contributed by atoms with Crippen LogP contribution in [0.2, 0.25) is 0 Å². The topological polar surface area (TPSA) is 62.3 Å². The number of benzene rings is 1. The Balaban J connectivity index is 2.27. The van der Waals surface area contributed by atoms with E-state index in [2.05, 4.69) is 23.4 Å². The number of hydrogen-bond acceptors (Lipinski definition) is 4. The smallest absolute Gasteiger partial charge is 0.123 e. The fraction of sp³-hybridized carbons (Fsp3) is 0.438. The number of aromatic nitrogens is 2. The van der Waals surface area contributed by atoms with Crippen LogP contribution in [0.5, 0.6) is 11.5 Å². The molecule has 1 aromatic heterocycles. The number of ether oxygens (including phenoxy) is 2. The van der Waals surface area contributed by atoms with Crippen LogP contribution in [0.1, 0.15) is 37.2 Å². The van der Waals surface area contributed by atoms with Gasteiger partial charge in [-0.25, -0.2) is 4.98 Å². The van der Waals surface area contributed by atoms with Crippen molar-refractivity contribution < 1.29 is 9.47 Å². The summed E-state index contributed by atoms with van der Waals surface area (Å²) in [6, 6.07) is 5.48. The average Bonchev–Trinajstić information content (AvgIpc) is 2.94. The zero-order valence-electron chi connectivity index (χ0n) is 13.0. The van der Waals surface area contributed by atoms with E-state index in [9.17, 15) is 0 Å². The van der Waals surface area contributed by atoms with Gasteiger partial charge in [0.15, 0.2) is 0 Å². The number of methoxy groups -OCH3 is 2. The normalized spacial score (nSPS) is 12.5. The highest BCUT2D eigenvalue weighted by Crippen LogP contribution is 2.29. The van der Waals surface area contributed by atoms with Gasteiger partial charge in [0.2, 0.25) is 0 Å². The van der Waals surface area contributed by atoms with Gasteiger partial charge in [-0.15, -0.1) is 0 Å². The maximum Gasteiger partial charge on any atom is 0.123 e. The van der Waals surface area contributed by atoms with Crippen molar-refractivity contribution >= 4 is 0 Å². The van der Waals surface area contributed by atoms with Crippen LogP contribution in [0, 0.1) is 0 Å². The third kappa shape index (κ3) is 3.36. The molecule has 0 fully saturated rings. The molecule has 0 amide bonds. The number of imidazole rings is 1. The SMILES string of the molecule is COc1ccc(OC)c(C(N)Cn2ccnc2C(C)C)c1. The van der Waals surface area contributed by atoms with Crippen LogP contribution < -0.4 is 15.2 Å². The molecule has 1 atom stereocenters. The maximum absolute atomic E-state index is 6.37. The van der Waals surface area contributed by atoms with Gasteiger partial charge in [-0.3, -0.25) is 0 Å². The Morgan fingerprint density at radius 3 is 2.62 bits per heavy atom. The molecule has 0 saturated heterocycles. The van der Waals surface area contributed by atoms with E-state index in [1.807, 2.05) is 30.6 Å². The Kier molecular flexibility index (Phi) is 4.85. The van der Waals surface area contributed by atoms with Gasteiger partial charge in [0.05, 0.1) is 20.3 Å². The Morgan fingerprint density at radius 2 is 2.00 bits per heavy atom. The zero-order valence-corrected chi connectivity index (χ0v) is 13.0. The highest BCUT2D eigenvalue weighted by molar-refractivity contribution is 5.42. The molecule has 0 aliphatic carbocycles. The van der Waals surface area contributed by atoms with Gasteiger partial charge < -0.3 is 19.8 Å². The first-order valence-electron chi connectivity index (χ1n) is 7.05. The molecule has 0 radical (unpaired) electrons. The van der Waals surface area contributed by atoms with Crippen LogP contribution in [0.3, 0.4) is 0 Å². The Bertz CT molecular complexity index is 593. The lowest BCUT2D eigenvalue weighted by molar-refractivity contribution is 0.391. The summed E-state index contributed by atoms with van der Waals surface area (Å²) < 4.78 is 12.8. The summed E-state index contributed by atoms with van der Waals surface area (Å²) in [5, 5.41) is 0. The van der Waals surface area contributed by atoms with Gasteiger partial charge in [-0.2, -0.15) is 0 Å². The highest BCUT2D eigenvalue weighted by Gasteiger charge is 2.16. The van der Waals surface area contributed by atoms with Crippen molar-refractivity contribution in [2.24, 2.45) is 5.73 Å². The molecule has 2 aromatic rings. The number of hydrogen-bond donors (Lipinski definition) is 1. The number of nitrogens with two attached hydrogens (primary N) is 1. The summed E-state index contributed by atoms with van der Waals surface area (Å²) in [5.41, 5.74) is 7.30. The van der Waals surface area contributed by atoms with Gasteiger partial charge in [0, 0.05) is 30.4 Å².